The van der Waals surface area contributed by atoms with Crippen LogP contribution in [0.15, 0.2) is 29.6 Å². The van der Waals surface area contributed by atoms with E-state index >= 15 is 0 Å². The summed E-state index contributed by atoms with van der Waals surface area (Å²) in [6.07, 6.45) is 0.989. The molecule has 1 atom stereocenters. The molecule has 0 fully saturated rings. The Morgan fingerprint density at radius 3 is 2.24 bits per heavy atom. The number of hydrogen-bond acceptors (Lipinski definition) is 3. The fourth-order valence-corrected chi connectivity index (χ4v) is 3.37. The SMILES string of the molecule is CC(O)(Cc1ccc(F)cc1)Cc1nc(C(C)(C)C)cs1. The molecule has 0 radical (unpaired) electrons. The lowest BCUT2D eigenvalue weighted by molar-refractivity contribution is 0.0607. The van der Waals surface area contributed by atoms with Crippen molar-refractivity contribution in [3.05, 3.63) is 51.7 Å². The normalized spacial score (nSPS) is 15.0. The minimum absolute atomic E-state index is 0.0254. The molecule has 2 aromatic rings. The van der Waals surface area contributed by atoms with Gasteiger partial charge >= 0.3 is 0 Å². The van der Waals surface area contributed by atoms with Crippen LogP contribution >= 0.6 is 11.3 Å². The van der Waals surface area contributed by atoms with Crippen molar-refractivity contribution in [3.8, 4) is 0 Å². The molecule has 0 spiro atoms. The van der Waals surface area contributed by atoms with Crippen LogP contribution in [0.2, 0.25) is 0 Å². The maximum atomic E-state index is 12.9. The van der Waals surface area contributed by atoms with Crippen LogP contribution < -0.4 is 0 Å². The number of nitrogens with zero attached hydrogens (tertiary/aromatic N) is 1. The predicted octanol–water partition coefficient (Wildman–Crippen LogP) is 4.12. The first kappa shape index (κ1) is 16.1. The third kappa shape index (κ3) is 4.61. The Balaban J connectivity index is 2.06. The maximum absolute atomic E-state index is 12.9. The quantitative estimate of drug-likeness (QED) is 0.922. The van der Waals surface area contributed by atoms with Crippen molar-refractivity contribution in [1.29, 1.82) is 0 Å². The van der Waals surface area contributed by atoms with Gasteiger partial charge in [-0.1, -0.05) is 32.9 Å². The summed E-state index contributed by atoms with van der Waals surface area (Å²) in [5.41, 5.74) is 1.12. The molecule has 0 aliphatic carbocycles. The molecule has 1 heterocycles. The number of halogens is 1. The average Bonchev–Trinajstić information content (AvgIpc) is 2.79. The van der Waals surface area contributed by atoms with Crippen LogP contribution in [0, 0.1) is 5.82 Å². The van der Waals surface area contributed by atoms with Crippen LogP contribution in [0.3, 0.4) is 0 Å². The van der Waals surface area contributed by atoms with Crippen LogP contribution in [0.4, 0.5) is 4.39 Å². The molecule has 0 aliphatic rings. The first-order valence-electron chi connectivity index (χ1n) is 7.07. The molecule has 4 heteroatoms. The van der Waals surface area contributed by atoms with Gasteiger partial charge in [-0.05, 0) is 24.6 Å². The highest BCUT2D eigenvalue weighted by Crippen LogP contribution is 2.27. The molecule has 2 nitrogen and oxygen atoms in total. The molecular formula is C17H22FNOS. The van der Waals surface area contributed by atoms with Gasteiger partial charge in [-0.3, -0.25) is 0 Å². The monoisotopic (exact) mass is 307 g/mol. The van der Waals surface area contributed by atoms with Gasteiger partial charge in [0.2, 0.25) is 0 Å². The van der Waals surface area contributed by atoms with Gasteiger partial charge in [0, 0.05) is 23.6 Å². The standard InChI is InChI=1S/C17H22FNOS/c1-16(2,3)14-11-21-15(19-14)10-17(4,20)9-12-5-7-13(18)8-6-12/h5-8,11,20H,9-10H2,1-4H3. The number of benzene rings is 1. The Morgan fingerprint density at radius 2 is 1.71 bits per heavy atom. The molecule has 1 aromatic heterocycles. The van der Waals surface area contributed by atoms with E-state index in [0.29, 0.717) is 12.8 Å². The van der Waals surface area contributed by atoms with Crippen molar-refractivity contribution in [2.24, 2.45) is 0 Å². The van der Waals surface area contributed by atoms with E-state index < -0.39 is 5.60 Å². The zero-order valence-electron chi connectivity index (χ0n) is 13.0. The van der Waals surface area contributed by atoms with E-state index in [1.807, 2.05) is 0 Å². The highest BCUT2D eigenvalue weighted by molar-refractivity contribution is 7.09. The minimum Gasteiger partial charge on any atom is -0.389 e. The molecule has 0 saturated carbocycles. The van der Waals surface area contributed by atoms with E-state index in [0.717, 1.165) is 16.3 Å². The molecule has 1 aromatic carbocycles. The molecular weight excluding hydrogens is 285 g/mol. The lowest BCUT2D eigenvalue weighted by Gasteiger charge is -2.22. The van der Waals surface area contributed by atoms with Crippen LogP contribution in [0.1, 0.15) is 44.0 Å². The third-order valence-corrected chi connectivity index (χ3v) is 4.20. The van der Waals surface area contributed by atoms with Crippen molar-refractivity contribution in [1.82, 2.24) is 4.98 Å². The van der Waals surface area contributed by atoms with Gasteiger partial charge in [0.25, 0.3) is 0 Å². The van der Waals surface area contributed by atoms with Gasteiger partial charge in [-0.15, -0.1) is 11.3 Å². The summed E-state index contributed by atoms with van der Waals surface area (Å²) in [7, 11) is 0. The van der Waals surface area contributed by atoms with Crippen LogP contribution in [-0.4, -0.2) is 15.7 Å². The summed E-state index contributed by atoms with van der Waals surface area (Å²) in [4.78, 5) is 4.62. The van der Waals surface area contributed by atoms with Crippen molar-refractivity contribution in [2.75, 3.05) is 0 Å². The Morgan fingerprint density at radius 1 is 1.10 bits per heavy atom. The summed E-state index contributed by atoms with van der Waals surface area (Å²) in [5.74, 6) is -0.256. The van der Waals surface area contributed by atoms with Gasteiger partial charge in [-0.25, -0.2) is 9.37 Å². The molecule has 1 N–H and O–H groups in total. The Bertz CT molecular complexity index is 596. The zero-order chi connectivity index (χ0) is 15.7. The van der Waals surface area contributed by atoms with E-state index in [9.17, 15) is 9.50 Å². The smallest absolute Gasteiger partial charge is 0.123 e. The number of thiazole rings is 1. The van der Waals surface area contributed by atoms with Crippen LogP contribution in [-0.2, 0) is 18.3 Å². The second-order valence-corrected chi connectivity index (χ2v) is 7.80. The van der Waals surface area contributed by atoms with Crippen molar-refractivity contribution >= 4 is 11.3 Å². The largest absolute Gasteiger partial charge is 0.389 e. The number of aliphatic hydroxyl groups is 1. The Labute approximate surface area is 129 Å². The summed E-state index contributed by atoms with van der Waals surface area (Å²) in [6, 6.07) is 6.28. The van der Waals surface area contributed by atoms with Gasteiger partial charge < -0.3 is 5.11 Å². The van der Waals surface area contributed by atoms with E-state index in [-0.39, 0.29) is 11.2 Å². The van der Waals surface area contributed by atoms with E-state index in [1.54, 1.807) is 30.4 Å². The lowest BCUT2D eigenvalue weighted by Crippen LogP contribution is -2.30. The van der Waals surface area contributed by atoms with Gasteiger partial charge in [0.05, 0.1) is 16.3 Å². The first-order chi connectivity index (χ1) is 9.66. The van der Waals surface area contributed by atoms with E-state index in [1.165, 1.54) is 12.1 Å². The molecule has 0 amide bonds. The number of rotatable bonds is 4. The highest BCUT2D eigenvalue weighted by atomic mass is 32.1. The molecule has 114 valence electrons. The van der Waals surface area contributed by atoms with Gasteiger partial charge in [0.15, 0.2) is 0 Å². The van der Waals surface area contributed by atoms with Crippen molar-refractivity contribution in [3.63, 3.8) is 0 Å². The Hall–Kier alpha value is -1.26. The minimum atomic E-state index is -0.884. The van der Waals surface area contributed by atoms with Crippen molar-refractivity contribution < 1.29 is 9.50 Å². The predicted molar refractivity (Wildman–Crippen MR) is 85.2 cm³/mol. The first-order valence-corrected chi connectivity index (χ1v) is 7.95. The average molecular weight is 307 g/mol. The summed E-state index contributed by atoms with van der Waals surface area (Å²) < 4.78 is 12.9. The highest BCUT2D eigenvalue weighted by Gasteiger charge is 2.25. The second kappa shape index (κ2) is 5.85. The van der Waals surface area contributed by atoms with E-state index in [2.05, 4.69) is 31.1 Å². The fraction of sp³-hybridized carbons (Fsp3) is 0.471. The van der Waals surface area contributed by atoms with E-state index in [4.69, 9.17) is 0 Å². The number of hydrogen-bond donors (Lipinski definition) is 1. The molecule has 0 saturated heterocycles. The zero-order valence-corrected chi connectivity index (χ0v) is 13.8. The third-order valence-electron chi connectivity index (χ3n) is 3.35. The maximum Gasteiger partial charge on any atom is 0.123 e. The number of aromatic nitrogens is 1. The summed E-state index contributed by atoms with van der Waals surface area (Å²) in [5, 5.41) is 13.6. The fourth-order valence-electron chi connectivity index (χ4n) is 2.17. The summed E-state index contributed by atoms with van der Waals surface area (Å²) in [6.45, 7) is 8.18. The molecule has 0 bridgehead atoms. The molecule has 0 aliphatic heterocycles. The van der Waals surface area contributed by atoms with Crippen LogP contribution in [0.25, 0.3) is 0 Å². The molecule has 1 unspecified atom stereocenters. The Kier molecular flexibility index (Phi) is 4.49. The lowest BCUT2D eigenvalue weighted by atomic mass is 9.92. The van der Waals surface area contributed by atoms with Crippen LogP contribution in [0.5, 0.6) is 0 Å². The topological polar surface area (TPSA) is 33.1 Å². The summed E-state index contributed by atoms with van der Waals surface area (Å²) >= 11 is 1.59. The molecule has 2 rings (SSSR count). The van der Waals surface area contributed by atoms with Gasteiger partial charge in [0.1, 0.15) is 5.82 Å². The second-order valence-electron chi connectivity index (χ2n) is 6.85. The van der Waals surface area contributed by atoms with Crippen molar-refractivity contribution in [2.45, 2.75) is 51.6 Å². The molecule has 21 heavy (non-hydrogen) atoms. The van der Waals surface area contributed by atoms with Gasteiger partial charge in [-0.2, -0.15) is 0 Å².